The average Bonchev–Trinajstić information content (AvgIpc) is 3.00. The Morgan fingerprint density at radius 1 is 1.08 bits per heavy atom. The summed E-state index contributed by atoms with van der Waals surface area (Å²) in [6, 6.07) is 6.05. The second-order valence-corrected chi connectivity index (χ2v) is 5.80. The van der Waals surface area contributed by atoms with Crippen LogP contribution in [0.3, 0.4) is 0 Å². The van der Waals surface area contributed by atoms with Crippen LogP contribution in [-0.4, -0.2) is 31.5 Å². The molecule has 0 aliphatic heterocycles. The van der Waals surface area contributed by atoms with Gasteiger partial charge in [-0.2, -0.15) is 13.2 Å². The summed E-state index contributed by atoms with van der Waals surface area (Å²) in [4.78, 5) is 28.4. The summed E-state index contributed by atoms with van der Waals surface area (Å²) in [6.07, 6.45) is -2.95. The van der Waals surface area contributed by atoms with Gasteiger partial charge in [0.05, 0.1) is 6.33 Å². The number of benzene rings is 1. The third-order valence-corrected chi connectivity index (χ3v) is 3.90. The summed E-state index contributed by atoms with van der Waals surface area (Å²) in [5, 5.41) is 0. The van der Waals surface area contributed by atoms with E-state index >= 15 is 0 Å². The average molecular weight is 368 g/mol. The lowest BCUT2D eigenvalue weighted by Gasteiger charge is -2.10. The maximum absolute atomic E-state index is 12.4. The van der Waals surface area contributed by atoms with Crippen LogP contribution in [0.25, 0.3) is 11.2 Å². The van der Waals surface area contributed by atoms with Crippen LogP contribution in [0.15, 0.2) is 40.2 Å². The van der Waals surface area contributed by atoms with Crippen molar-refractivity contribution in [1.29, 1.82) is 0 Å². The quantitative estimate of drug-likeness (QED) is 0.698. The Bertz CT molecular complexity index is 1060. The molecule has 2 heterocycles. The normalized spacial score (nSPS) is 11.9. The minimum Gasteiger partial charge on any atom is -0.484 e. The van der Waals surface area contributed by atoms with Crippen molar-refractivity contribution < 1.29 is 17.9 Å². The third-order valence-electron chi connectivity index (χ3n) is 3.90. The number of imidazole rings is 1. The minimum absolute atomic E-state index is 0.0971. The number of rotatable bonds is 4. The smallest absolute Gasteiger partial charge is 0.422 e. The molecule has 138 valence electrons. The van der Waals surface area contributed by atoms with Gasteiger partial charge in [-0.15, -0.1) is 0 Å². The molecular formula is C16H15F3N4O3. The minimum atomic E-state index is -4.40. The van der Waals surface area contributed by atoms with Crippen LogP contribution >= 0.6 is 0 Å². The van der Waals surface area contributed by atoms with E-state index in [0.717, 1.165) is 10.1 Å². The molecule has 0 aliphatic carbocycles. The van der Waals surface area contributed by atoms with Crippen molar-refractivity contribution in [2.75, 3.05) is 6.61 Å². The zero-order valence-electron chi connectivity index (χ0n) is 13.9. The Labute approximate surface area is 144 Å². The molecule has 7 nitrogen and oxygen atoms in total. The lowest BCUT2D eigenvalue weighted by atomic mass is 10.2. The fourth-order valence-corrected chi connectivity index (χ4v) is 2.57. The van der Waals surface area contributed by atoms with Crippen molar-refractivity contribution in [3.8, 4) is 5.75 Å². The molecule has 10 heteroatoms. The highest BCUT2D eigenvalue weighted by molar-refractivity contribution is 5.70. The van der Waals surface area contributed by atoms with Crippen molar-refractivity contribution in [2.24, 2.45) is 14.1 Å². The molecule has 0 atom stereocenters. The largest absolute Gasteiger partial charge is 0.484 e. The topological polar surface area (TPSA) is 71.0 Å². The van der Waals surface area contributed by atoms with Gasteiger partial charge in [0.2, 0.25) is 0 Å². The molecule has 0 bridgehead atoms. The SMILES string of the molecule is Cn1c(=O)c2c(ncn2Cc2ccc(OCC(F)(F)F)cc2)n(C)c1=O. The second-order valence-electron chi connectivity index (χ2n) is 5.80. The molecule has 0 N–H and O–H groups in total. The highest BCUT2D eigenvalue weighted by Gasteiger charge is 2.28. The first-order valence-corrected chi connectivity index (χ1v) is 7.57. The maximum Gasteiger partial charge on any atom is 0.422 e. The summed E-state index contributed by atoms with van der Waals surface area (Å²) in [6.45, 7) is -1.09. The molecule has 3 rings (SSSR count). The highest BCUT2D eigenvalue weighted by atomic mass is 19.4. The summed E-state index contributed by atoms with van der Waals surface area (Å²) >= 11 is 0. The lowest BCUT2D eigenvalue weighted by molar-refractivity contribution is -0.153. The van der Waals surface area contributed by atoms with E-state index in [1.807, 2.05) is 0 Å². The predicted molar refractivity (Wildman–Crippen MR) is 87.3 cm³/mol. The van der Waals surface area contributed by atoms with E-state index in [0.29, 0.717) is 0 Å². The summed E-state index contributed by atoms with van der Waals surface area (Å²) < 4.78 is 45.0. The van der Waals surface area contributed by atoms with Gasteiger partial charge in [-0.05, 0) is 17.7 Å². The van der Waals surface area contributed by atoms with E-state index < -0.39 is 24.0 Å². The van der Waals surface area contributed by atoms with Gasteiger partial charge in [0.1, 0.15) is 5.75 Å². The Balaban J connectivity index is 1.88. The number of ether oxygens (including phenoxy) is 1. The molecule has 26 heavy (non-hydrogen) atoms. The number of hydrogen-bond donors (Lipinski definition) is 0. The maximum atomic E-state index is 12.4. The van der Waals surface area contributed by atoms with Crippen molar-refractivity contribution in [3.05, 3.63) is 57.0 Å². The summed E-state index contributed by atoms with van der Waals surface area (Å²) in [5.74, 6) is 0.0971. The van der Waals surface area contributed by atoms with E-state index in [1.165, 1.54) is 37.1 Å². The number of aryl methyl sites for hydroxylation is 1. The molecule has 0 radical (unpaired) electrons. The molecule has 0 fully saturated rings. The Morgan fingerprint density at radius 2 is 1.73 bits per heavy atom. The van der Waals surface area contributed by atoms with Crippen molar-refractivity contribution in [3.63, 3.8) is 0 Å². The van der Waals surface area contributed by atoms with Crippen LogP contribution in [0.2, 0.25) is 0 Å². The molecule has 0 spiro atoms. The Hall–Kier alpha value is -3.04. The van der Waals surface area contributed by atoms with Crippen LogP contribution in [-0.2, 0) is 20.6 Å². The molecule has 3 aromatic rings. The van der Waals surface area contributed by atoms with Crippen LogP contribution in [0.1, 0.15) is 5.56 Å². The molecular weight excluding hydrogens is 353 g/mol. The highest BCUT2D eigenvalue weighted by Crippen LogP contribution is 2.19. The molecule has 0 saturated heterocycles. The third kappa shape index (κ3) is 3.35. The summed E-state index contributed by atoms with van der Waals surface area (Å²) in [7, 11) is 2.91. The van der Waals surface area contributed by atoms with Crippen LogP contribution in [0, 0.1) is 0 Å². The Kier molecular flexibility index (Phi) is 4.34. The van der Waals surface area contributed by atoms with E-state index in [2.05, 4.69) is 9.72 Å². The first-order chi connectivity index (χ1) is 12.2. The monoisotopic (exact) mass is 368 g/mol. The van der Waals surface area contributed by atoms with E-state index in [1.54, 1.807) is 16.7 Å². The molecule has 0 amide bonds. The zero-order valence-corrected chi connectivity index (χ0v) is 13.9. The predicted octanol–water partition coefficient (Wildman–Crippen LogP) is 1.42. The van der Waals surface area contributed by atoms with Gasteiger partial charge in [-0.1, -0.05) is 12.1 Å². The van der Waals surface area contributed by atoms with Crippen LogP contribution in [0.5, 0.6) is 5.75 Å². The van der Waals surface area contributed by atoms with Gasteiger partial charge in [-0.3, -0.25) is 13.9 Å². The van der Waals surface area contributed by atoms with E-state index in [-0.39, 0.29) is 23.5 Å². The molecule has 0 unspecified atom stereocenters. The van der Waals surface area contributed by atoms with Gasteiger partial charge in [0.15, 0.2) is 17.8 Å². The van der Waals surface area contributed by atoms with Crippen molar-refractivity contribution in [2.45, 2.75) is 12.7 Å². The van der Waals surface area contributed by atoms with Gasteiger partial charge in [0.25, 0.3) is 5.56 Å². The molecule has 1 aromatic carbocycles. The number of hydrogen-bond acceptors (Lipinski definition) is 4. The van der Waals surface area contributed by atoms with Crippen LogP contribution in [0.4, 0.5) is 13.2 Å². The van der Waals surface area contributed by atoms with Gasteiger partial charge in [0, 0.05) is 20.6 Å². The second kappa shape index (κ2) is 6.36. The fraction of sp³-hybridized carbons (Fsp3) is 0.312. The number of halogens is 3. The number of alkyl halides is 3. The van der Waals surface area contributed by atoms with Crippen molar-refractivity contribution in [1.82, 2.24) is 18.7 Å². The zero-order chi connectivity index (χ0) is 19.1. The molecule has 0 saturated carbocycles. The number of aromatic nitrogens is 4. The van der Waals surface area contributed by atoms with E-state index in [9.17, 15) is 22.8 Å². The Morgan fingerprint density at radius 3 is 2.35 bits per heavy atom. The number of fused-ring (bicyclic) bond motifs is 1. The van der Waals surface area contributed by atoms with Gasteiger partial charge >= 0.3 is 11.9 Å². The molecule has 0 aliphatic rings. The number of nitrogens with zero attached hydrogens (tertiary/aromatic N) is 4. The first-order valence-electron chi connectivity index (χ1n) is 7.57. The fourth-order valence-electron chi connectivity index (χ4n) is 2.57. The van der Waals surface area contributed by atoms with Crippen LogP contribution < -0.4 is 16.0 Å². The first kappa shape index (κ1) is 17.8. The van der Waals surface area contributed by atoms with Crippen molar-refractivity contribution >= 4 is 11.2 Å². The van der Waals surface area contributed by atoms with E-state index in [4.69, 9.17) is 0 Å². The summed E-state index contributed by atoms with van der Waals surface area (Å²) in [5.41, 5.74) is 0.333. The van der Waals surface area contributed by atoms with Gasteiger partial charge in [-0.25, -0.2) is 9.78 Å². The standard InChI is InChI=1S/C16H15F3N4O3/c1-21-13-12(14(24)22(2)15(21)25)23(9-20-13)7-10-3-5-11(6-4-10)26-8-16(17,18)19/h3-6,9H,7-8H2,1-2H3. The van der Waals surface area contributed by atoms with Gasteiger partial charge < -0.3 is 9.30 Å². The lowest BCUT2D eigenvalue weighted by Crippen LogP contribution is -2.37. The molecule has 2 aromatic heterocycles.